The van der Waals surface area contributed by atoms with Gasteiger partial charge >= 0.3 is 0 Å². The van der Waals surface area contributed by atoms with Gasteiger partial charge in [0.2, 0.25) is 0 Å². The Hall–Kier alpha value is 0.237. The minimum Gasteiger partial charge on any atom is -0.288 e. The van der Waals surface area contributed by atoms with Crippen molar-refractivity contribution in [2.45, 2.75) is 19.4 Å². The first-order valence-corrected chi connectivity index (χ1v) is 4.38. The van der Waals surface area contributed by atoms with Crippen molar-refractivity contribution in [2.24, 2.45) is 5.92 Å². The zero-order valence-electron chi connectivity index (χ0n) is 5.51. The average Bonchev–Trinajstić information content (AvgIpc) is 1.64. The molecule has 0 N–H and O–H groups in total. The first-order valence-electron chi connectivity index (χ1n) is 2.78. The Morgan fingerprint density at radius 2 is 2.00 bits per heavy atom. The molecule has 0 aliphatic rings. The molecule has 0 amide bonds. The quantitative estimate of drug-likeness (QED) is 0.439. The van der Waals surface area contributed by atoms with Crippen LogP contribution in [0.2, 0.25) is 5.54 Å². The smallest absolute Gasteiger partial charge is 0.185 e. The fourth-order valence-electron chi connectivity index (χ4n) is 0.285. The molecule has 1 nitrogen and oxygen atoms in total. The van der Waals surface area contributed by atoms with Gasteiger partial charge < -0.3 is 0 Å². The molecule has 0 fully saturated rings. The third-order valence-corrected chi connectivity index (χ3v) is 4.14. The predicted octanol–water partition coefficient (Wildman–Crippen LogP) is 0.253. The van der Waals surface area contributed by atoms with E-state index in [2.05, 4.69) is 12.6 Å². The van der Waals surface area contributed by atoms with Gasteiger partial charge in [0.25, 0.3) is 0 Å². The molecule has 0 bridgehead atoms. The van der Waals surface area contributed by atoms with Crippen molar-refractivity contribution in [1.82, 2.24) is 0 Å². The van der Waals surface area contributed by atoms with Crippen LogP contribution in [0.15, 0.2) is 0 Å². The van der Waals surface area contributed by atoms with E-state index in [4.69, 9.17) is 0 Å². The number of hydrogen-bond acceptors (Lipinski definition) is 1. The fraction of sp³-hybridized carbons (Fsp3) is 0.800. The number of carbonyl (C=O) groups is 1. The largest absolute Gasteiger partial charge is 0.288 e. The van der Waals surface area contributed by atoms with Crippen molar-refractivity contribution >= 4 is 28.0 Å². The molecule has 0 saturated carbocycles. The lowest BCUT2D eigenvalue weighted by molar-refractivity contribution is -0.111. The van der Waals surface area contributed by atoms with Gasteiger partial charge in [-0.3, -0.25) is 4.79 Å². The van der Waals surface area contributed by atoms with E-state index in [1.165, 1.54) is 0 Å². The predicted molar refractivity (Wildman–Crippen MR) is 42.5 cm³/mol. The Morgan fingerprint density at radius 1 is 1.62 bits per heavy atom. The zero-order chi connectivity index (χ0) is 6.73. The molecule has 48 valence electrons. The molecule has 0 rings (SSSR count). The highest BCUT2D eigenvalue weighted by Crippen LogP contribution is 2.14. The Bertz CT molecular complexity index is 92.4. The summed E-state index contributed by atoms with van der Waals surface area (Å²) in [5.41, 5.74) is 0.235. The van der Waals surface area contributed by atoms with Crippen LogP contribution < -0.4 is 0 Å². The Balaban J connectivity index is 3.64. The normalized spacial score (nSPS) is 14.5. The molecule has 0 saturated heterocycles. The SMILES string of the molecule is CC(C)C([SiH3])C(=O)S. The van der Waals surface area contributed by atoms with Gasteiger partial charge in [0.05, 0.1) is 0 Å². The summed E-state index contributed by atoms with van der Waals surface area (Å²) in [6, 6.07) is 0. The first kappa shape index (κ1) is 8.24. The molecule has 0 aliphatic carbocycles. The van der Waals surface area contributed by atoms with E-state index in [9.17, 15) is 4.79 Å². The van der Waals surface area contributed by atoms with Gasteiger partial charge in [0.15, 0.2) is 5.12 Å². The minimum absolute atomic E-state index is 0.0478. The van der Waals surface area contributed by atoms with Crippen molar-refractivity contribution in [3.8, 4) is 0 Å². The van der Waals surface area contributed by atoms with Crippen LogP contribution in [-0.4, -0.2) is 15.4 Å². The molecule has 0 aromatic rings. The van der Waals surface area contributed by atoms with Gasteiger partial charge in [0.1, 0.15) is 0 Å². The van der Waals surface area contributed by atoms with Crippen LogP contribution in [0.4, 0.5) is 0 Å². The van der Waals surface area contributed by atoms with Crippen LogP contribution in [0.5, 0.6) is 0 Å². The van der Waals surface area contributed by atoms with E-state index >= 15 is 0 Å². The van der Waals surface area contributed by atoms with Gasteiger partial charge in [-0.15, -0.1) is 12.6 Å². The lowest BCUT2D eigenvalue weighted by Gasteiger charge is -2.08. The van der Waals surface area contributed by atoms with Crippen molar-refractivity contribution in [3.05, 3.63) is 0 Å². The highest BCUT2D eigenvalue weighted by atomic mass is 32.1. The summed E-state index contributed by atoms with van der Waals surface area (Å²) < 4.78 is 0. The molecule has 0 spiro atoms. The van der Waals surface area contributed by atoms with Crippen molar-refractivity contribution in [2.75, 3.05) is 0 Å². The molecule has 8 heavy (non-hydrogen) atoms. The standard InChI is InChI=1S/C5H12OSSi/c1-3(2)4(8)5(6)7/h3-4H,1-2,8H3,(H,6,7). The molecular formula is C5H12OSSi. The van der Waals surface area contributed by atoms with E-state index in [1.54, 1.807) is 0 Å². The molecule has 3 heteroatoms. The lowest BCUT2D eigenvalue weighted by atomic mass is 10.1. The van der Waals surface area contributed by atoms with Crippen LogP contribution in [0, 0.1) is 5.92 Å². The highest BCUT2D eigenvalue weighted by molar-refractivity contribution is 7.96. The van der Waals surface area contributed by atoms with Gasteiger partial charge in [-0.1, -0.05) is 13.8 Å². The van der Waals surface area contributed by atoms with E-state index in [0.717, 1.165) is 10.2 Å². The lowest BCUT2D eigenvalue weighted by Crippen LogP contribution is -2.08. The summed E-state index contributed by atoms with van der Waals surface area (Å²) >= 11 is 3.73. The van der Waals surface area contributed by atoms with Crippen LogP contribution in [0.25, 0.3) is 0 Å². The van der Waals surface area contributed by atoms with E-state index in [-0.39, 0.29) is 10.7 Å². The second kappa shape index (κ2) is 3.30. The number of thiol groups is 1. The summed E-state index contributed by atoms with van der Waals surface area (Å²) in [7, 11) is 0.932. The van der Waals surface area contributed by atoms with E-state index in [1.807, 2.05) is 13.8 Å². The van der Waals surface area contributed by atoms with Crippen LogP contribution in [-0.2, 0) is 4.79 Å². The number of hydrogen-bond donors (Lipinski definition) is 1. The third-order valence-electron chi connectivity index (χ3n) is 1.39. The van der Waals surface area contributed by atoms with Crippen LogP contribution in [0.1, 0.15) is 13.8 Å². The van der Waals surface area contributed by atoms with Crippen LogP contribution >= 0.6 is 12.6 Å². The topological polar surface area (TPSA) is 17.1 Å². The molecule has 1 unspecified atom stereocenters. The second-order valence-electron chi connectivity index (χ2n) is 2.37. The summed E-state index contributed by atoms with van der Waals surface area (Å²) in [4.78, 5) is 10.5. The molecule has 0 aromatic carbocycles. The number of carbonyl (C=O) groups excluding carboxylic acids is 1. The maximum absolute atomic E-state index is 10.5. The average molecular weight is 148 g/mol. The van der Waals surface area contributed by atoms with E-state index in [0.29, 0.717) is 5.92 Å². The monoisotopic (exact) mass is 148 g/mol. The third kappa shape index (κ3) is 2.52. The van der Waals surface area contributed by atoms with E-state index < -0.39 is 0 Å². The maximum Gasteiger partial charge on any atom is 0.185 e. The fourth-order valence-corrected chi connectivity index (χ4v) is 0.583. The molecule has 0 radical (unpaired) electrons. The summed E-state index contributed by atoms with van der Waals surface area (Å²) in [5.74, 6) is 0.478. The second-order valence-corrected chi connectivity index (χ2v) is 4.06. The Kier molecular flexibility index (Phi) is 3.40. The minimum atomic E-state index is 0.0478. The van der Waals surface area contributed by atoms with Gasteiger partial charge in [-0.2, -0.15) is 0 Å². The summed E-state index contributed by atoms with van der Waals surface area (Å²) in [5, 5.41) is 0.0478. The van der Waals surface area contributed by atoms with Crippen molar-refractivity contribution in [3.63, 3.8) is 0 Å². The molecule has 1 atom stereocenters. The highest BCUT2D eigenvalue weighted by Gasteiger charge is 2.11. The number of rotatable bonds is 2. The zero-order valence-corrected chi connectivity index (χ0v) is 8.40. The molecule has 0 heterocycles. The van der Waals surface area contributed by atoms with Crippen LogP contribution in [0.3, 0.4) is 0 Å². The molecule has 0 aromatic heterocycles. The summed E-state index contributed by atoms with van der Waals surface area (Å²) in [6.45, 7) is 4.09. The molecule has 0 aliphatic heterocycles. The van der Waals surface area contributed by atoms with Crippen molar-refractivity contribution < 1.29 is 4.79 Å². The maximum atomic E-state index is 10.5. The van der Waals surface area contributed by atoms with Gasteiger partial charge in [-0.05, 0) is 5.92 Å². The Morgan fingerprint density at radius 3 is 2.00 bits per heavy atom. The Labute approximate surface area is 58.7 Å². The van der Waals surface area contributed by atoms with Gasteiger partial charge in [-0.25, -0.2) is 0 Å². The first-order chi connectivity index (χ1) is 3.55. The summed E-state index contributed by atoms with van der Waals surface area (Å²) in [6.07, 6.45) is 0. The van der Waals surface area contributed by atoms with Gasteiger partial charge in [0, 0.05) is 15.8 Å². The van der Waals surface area contributed by atoms with Crippen molar-refractivity contribution in [1.29, 1.82) is 0 Å². The molecular weight excluding hydrogens is 136 g/mol.